The van der Waals surface area contributed by atoms with E-state index in [4.69, 9.17) is 0 Å². The van der Waals surface area contributed by atoms with E-state index in [1.165, 1.54) is 40.2 Å². The van der Waals surface area contributed by atoms with Gasteiger partial charge in [-0.1, -0.05) is 6.07 Å². The lowest BCUT2D eigenvalue weighted by Crippen LogP contribution is -2.40. The molecule has 7 nitrogen and oxygen atoms in total. The highest BCUT2D eigenvalue weighted by molar-refractivity contribution is 6.03. The van der Waals surface area contributed by atoms with Crippen LogP contribution in [0.5, 0.6) is 0 Å². The van der Waals surface area contributed by atoms with E-state index in [9.17, 15) is 19.2 Å². The number of amides is 1. The number of nitrogens with one attached hydrogen (secondary N) is 1. The van der Waals surface area contributed by atoms with Gasteiger partial charge in [0, 0.05) is 6.92 Å². The molecule has 0 aliphatic heterocycles. The van der Waals surface area contributed by atoms with Gasteiger partial charge in [-0.05, 0) is 31.0 Å². The van der Waals surface area contributed by atoms with E-state index in [1.54, 1.807) is 6.07 Å². The minimum absolute atomic E-state index is 0.0435. The zero-order chi connectivity index (χ0) is 17.6. The van der Waals surface area contributed by atoms with Gasteiger partial charge < -0.3 is 14.8 Å². The number of ether oxygens (including phenoxy) is 2. The van der Waals surface area contributed by atoms with E-state index in [2.05, 4.69) is 14.8 Å². The third-order valence-electron chi connectivity index (χ3n) is 3.20. The number of carbonyl (C=O) groups excluding carboxylic acids is 4. The SMILES string of the molecule is COC(=O)c1ccc(CC(NC(C)=O)C(C)=O)cc1C(=O)OC. The van der Waals surface area contributed by atoms with Crippen LogP contribution >= 0.6 is 0 Å². The number of methoxy groups -OCH3 is 2. The van der Waals surface area contributed by atoms with Gasteiger partial charge in [0.15, 0.2) is 5.78 Å². The van der Waals surface area contributed by atoms with Gasteiger partial charge >= 0.3 is 11.9 Å². The fourth-order valence-corrected chi connectivity index (χ4v) is 2.06. The van der Waals surface area contributed by atoms with Crippen molar-refractivity contribution in [2.75, 3.05) is 14.2 Å². The molecule has 0 aromatic heterocycles. The Bertz CT molecular complexity index is 637. The van der Waals surface area contributed by atoms with Crippen molar-refractivity contribution in [1.29, 1.82) is 0 Å². The summed E-state index contributed by atoms with van der Waals surface area (Å²) in [5, 5.41) is 2.54. The third kappa shape index (κ3) is 4.91. The molecule has 1 aromatic rings. The van der Waals surface area contributed by atoms with Crippen molar-refractivity contribution in [3.8, 4) is 0 Å². The average Bonchev–Trinajstić information content (AvgIpc) is 2.52. The Balaban J connectivity index is 3.18. The van der Waals surface area contributed by atoms with Crippen molar-refractivity contribution in [2.45, 2.75) is 26.3 Å². The van der Waals surface area contributed by atoms with Gasteiger partial charge in [0.05, 0.1) is 31.4 Å². The molecule has 1 amide bonds. The second kappa shape index (κ2) is 8.07. The molecule has 1 aromatic carbocycles. The van der Waals surface area contributed by atoms with E-state index in [-0.39, 0.29) is 29.2 Å². The number of hydrogen-bond acceptors (Lipinski definition) is 6. The first-order valence-electron chi connectivity index (χ1n) is 6.87. The molecule has 0 saturated carbocycles. The van der Waals surface area contributed by atoms with Crippen molar-refractivity contribution >= 4 is 23.6 Å². The summed E-state index contributed by atoms with van der Waals surface area (Å²) in [7, 11) is 2.41. The summed E-state index contributed by atoms with van der Waals surface area (Å²) in [4.78, 5) is 46.3. The lowest BCUT2D eigenvalue weighted by Gasteiger charge is -2.16. The first-order valence-corrected chi connectivity index (χ1v) is 6.87. The van der Waals surface area contributed by atoms with Crippen LogP contribution in [0.4, 0.5) is 0 Å². The zero-order valence-corrected chi connectivity index (χ0v) is 13.5. The maximum absolute atomic E-state index is 11.8. The fourth-order valence-electron chi connectivity index (χ4n) is 2.06. The highest BCUT2D eigenvalue weighted by Crippen LogP contribution is 2.16. The van der Waals surface area contributed by atoms with E-state index in [1.807, 2.05) is 0 Å². The van der Waals surface area contributed by atoms with Crippen molar-refractivity contribution in [3.63, 3.8) is 0 Å². The molecule has 0 fully saturated rings. The molecule has 0 saturated heterocycles. The largest absolute Gasteiger partial charge is 0.465 e. The highest BCUT2D eigenvalue weighted by atomic mass is 16.5. The number of hydrogen-bond donors (Lipinski definition) is 1. The van der Waals surface area contributed by atoms with Crippen molar-refractivity contribution < 1.29 is 28.7 Å². The summed E-state index contributed by atoms with van der Waals surface area (Å²) in [6.07, 6.45) is 0.195. The first kappa shape index (κ1) is 18.3. The Morgan fingerprint density at radius 3 is 2.04 bits per heavy atom. The van der Waals surface area contributed by atoms with Gasteiger partial charge in [0.1, 0.15) is 0 Å². The molecular weight excluding hydrogens is 302 g/mol. The van der Waals surface area contributed by atoms with E-state index in [0.29, 0.717) is 5.56 Å². The van der Waals surface area contributed by atoms with Crippen LogP contribution in [0.2, 0.25) is 0 Å². The third-order valence-corrected chi connectivity index (χ3v) is 3.20. The van der Waals surface area contributed by atoms with Crippen molar-refractivity contribution in [3.05, 3.63) is 34.9 Å². The van der Waals surface area contributed by atoms with E-state index in [0.717, 1.165) is 0 Å². The smallest absolute Gasteiger partial charge is 0.338 e. The average molecular weight is 321 g/mol. The minimum Gasteiger partial charge on any atom is -0.465 e. The summed E-state index contributed by atoms with van der Waals surface area (Å²) >= 11 is 0. The van der Waals surface area contributed by atoms with E-state index >= 15 is 0 Å². The van der Waals surface area contributed by atoms with Crippen LogP contribution < -0.4 is 5.32 Å². The summed E-state index contributed by atoms with van der Waals surface area (Å²) in [5.74, 6) is -1.89. The molecule has 0 radical (unpaired) electrons. The predicted molar refractivity (Wildman–Crippen MR) is 81.1 cm³/mol. The van der Waals surface area contributed by atoms with Gasteiger partial charge in [-0.15, -0.1) is 0 Å². The Hall–Kier alpha value is -2.70. The Morgan fingerprint density at radius 2 is 1.57 bits per heavy atom. The van der Waals surface area contributed by atoms with Crippen LogP contribution in [0, 0.1) is 0 Å². The van der Waals surface area contributed by atoms with Gasteiger partial charge in [0.25, 0.3) is 0 Å². The predicted octanol–water partition coefficient (Wildman–Crippen LogP) is 0.896. The molecule has 1 rings (SSSR count). The zero-order valence-electron chi connectivity index (χ0n) is 13.5. The van der Waals surface area contributed by atoms with Gasteiger partial charge in [-0.25, -0.2) is 9.59 Å². The topological polar surface area (TPSA) is 98.8 Å². The normalized spacial score (nSPS) is 11.3. The molecule has 1 atom stereocenters. The minimum atomic E-state index is -0.707. The molecule has 0 heterocycles. The number of esters is 2. The van der Waals surface area contributed by atoms with Gasteiger partial charge in [-0.3, -0.25) is 9.59 Å². The summed E-state index contributed by atoms with van der Waals surface area (Å²) < 4.78 is 9.29. The monoisotopic (exact) mass is 321 g/mol. The van der Waals surface area contributed by atoms with Gasteiger partial charge in [0.2, 0.25) is 5.91 Å². The van der Waals surface area contributed by atoms with Crippen molar-refractivity contribution in [2.24, 2.45) is 0 Å². The number of rotatable bonds is 6. The quantitative estimate of drug-likeness (QED) is 0.782. The summed E-state index contributed by atoms with van der Waals surface area (Å²) in [6.45, 7) is 2.68. The molecule has 0 aliphatic carbocycles. The number of carbonyl (C=O) groups is 4. The van der Waals surface area contributed by atoms with Crippen LogP contribution in [-0.2, 0) is 25.5 Å². The Morgan fingerprint density at radius 1 is 1.00 bits per heavy atom. The number of Topliss-reactive ketones (excluding diaryl/α,β-unsaturated/α-hetero) is 1. The van der Waals surface area contributed by atoms with Crippen LogP contribution in [-0.4, -0.2) is 43.9 Å². The summed E-state index contributed by atoms with van der Waals surface area (Å²) in [6, 6.07) is 3.77. The number of benzene rings is 1. The Labute approximate surface area is 134 Å². The van der Waals surface area contributed by atoms with Crippen LogP contribution in [0.3, 0.4) is 0 Å². The molecule has 1 unspecified atom stereocenters. The van der Waals surface area contributed by atoms with Crippen LogP contribution in [0.1, 0.15) is 40.1 Å². The molecule has 1 N–H and O–H groups in total. The van der Waals surface area contributed by atoms with Crippen LogP contribution in [0.15, 0.2) is 18.2 Å². The van der Waals surface area contributed by atoms with Crippen molar-refractivity contribution in [1.82, 2.24) is 5.32 Å². The lowest BCUT2D eigenvalue weighted by atomic mass is 9.98. The second-order valence-electron chi connectivity index (χ2n) is 4.93. The lowest BCUT2D eigenvalue weighted by molar-refractivity contribution is -0.125. The highest BCUT2D eigenvalue weighted by Gasteiger charge is 2.21. The Kier molecular flexibility index (Phi) is 6.44. The second-order valence-corrected chi connectivity index (χ2v) is 4.93. The number of ketones is 1. The molecule has 23 heavy (non-hydrogen) atoms. The van der Waals surface area contributed by atoms with Crippen LogP contribution in [0.25, 0.3) is 0 Å². The molecule has 0 aliphatic rings. The first-order chi connectivity index (χ1) is 10.8. The molecular formula is C16H19NO6. The molecule has 0 bridgehead atoms. The fraction of sp³-hybridized carbons (Fsp3) is 0.375. The maximum atomic E-state index is 11.8. The van der Waals surface area contributed by atoms with E-state index < -0.39 is 18.0 Å². The summed E-state index contributed by atoms with van der Waals surface area (Å²) in [5.41, 5.74) is 0.719. The molecule has 124 valence electrons. The molecule has 7 heteroatoms. The standard InChI is InChI=1S/C16H19NO6/c1-9(18)14(17-10(2)19)8-11-5-6-12(15(20)22-3)13(7-11)16(21)23-4/h5-7,14H,8H2,1-4H3,(H,17,19). The maximum Gasteiger partial charge on any atom is 0.338 e. The van der Waals surface area contributed by atoms with Gasteiger partial charge in [-0.2, -0.15) is 0 Å². The molecule has 0 spiro atoms.